The molecule has 0 saturated heterocycles. The van der Waals surface area contributed by atoms with Gasteiger partial charge in [0.05, 0.1) is 0 Å². The second-order valence-corrected chi connectivity index (χ2v) is 6.00. The molecule has 1 fully saturated rings. The fourth-order valence-corrected chi connectivity index (χ4v) is 2.68. The van der Waals surface area contributed by atoms with Gasteiger partial charge in [-0.15, -0.1) is 0 Å². The van der Waals surface area contributed by atoms with Crippen molar-refractivity contribution in [3.05, 3.63) is 29.8 Å². The van der Waals surface area contributed by atoms with Crippen LogP contribution in [0.15, 0.2) is 24.3 Å². The molecule has 0 unspecified atom stereocenters. The van der Waals surface area contributed by atoms with Crippen molar-refractivity contribution < 1.29 is 4.79 Å². The lowest BCUT2D eigenvalue weighted by molar-refractivity contribution is -0.121. The molecule has 0 radical (unpaired) electrons. The summed E-state index contributed by atoms with van der Waals surface area (Å²) in [5, 5.41) is 6.42. The molecule has 110 valence electrons. The number of rotatable bonds is 6. The summed E-state index contributed by atoms with van der Waals surface area (Å²) >= 11 is 0. The average molecular weight is 274 g/mol. The summed E-state index contributed by atoms with van der Waals surface area (Å²) in [6, 6.07) is 8.89. The predicted molar refractivity (Wildman–Crippen MR) is 84.0 cm³/mol. The molecular formula is C17H26N2O. The maximum Gasteiger partial charge on any atom is 0.221 e. The molecule has 1 aromatic rings. The Morgan fingerprint density at radius 2 is 1.85 bits per heavy atom. The summed E-state index contributed by atoms with van der Waals surface area (Å²) in [4.78, 5) is 11.8. The molecule has 0 bridgehead atoms. The molecular weight excluding hydrogens is 248 g/mol. The molecule has 1 amide bonds. The highest BCUT2D eigenvalue weighted by Gasteiger charge is 2.16. The van der Waals surface area contributed by atoms with Crippen LogP contribution in [0.25, 0.3) is 0 Å². The topological polar surface area (TPSA) is 41.1 Å². The Morgan fingerprint density at radius 3 is 2.45 bits per heavy atom. The van der Waals surface area contributed by atoms with Gasteiger partial charge in [-0.25, -0.2) is 0 Å². The molecule has 0 atom stereocenters. The molecule has 0 heterocycles. The number of anilines is 1. The predicted octanol–water partition coefficient (Wildman–Crippen LogP) is 3.67. The van der Waals surface area contributed by atoms with E-state index in [9.17, 15) is 4.79 Å². The van der Waals surface area contributed by atoms with Crippen LogP contribution in [0.3, 0.4) is 0 Å². The lowest BCUT2D eigenvalue weighted by atomic mass is 10.0. The smallest absolute Gasteiger partial charge is 0.221 e. The first-order valence-corrected chi connectivity index (χ1v) is 7.78. The van der Waals surface area contributed by atoms with Gasteiger partial charge in [0.1, 0.15) is 0 Å². The third-order valence-corrected chi connectivity index (χ3v) is 3.98. The zero-order valence-corrected chi connectivity index (χ0v) is 12.6. The molecule has 20 heavy (non-hydrogen) atoms. The maximum atomic E-state index is 11.8. The van der Waals surface area contributed by atoms with E-state index >= 15 is 0 Å². The number of carbonyl (C=O) groups excluding carboxylic acids is 1. The van der Waals surface area contributed by atoms with E-state index in [2.05, 4.69) is 48.7 Å². The summed E-state index contributed by atoms with van der Waals surface area (Å²) in [6.07, 6.45) is 5.35. The van der Waals surface area contributed by atoms with Gasteiger partial charge in [0.2, 0.25) is 5.91 Å². The third kappa shape index (κ3) is 4.55. The van der Waals surface area contributed by atoms with Crippen molar-refractivity contribution in [2.45, 2.75) is 57.9 Å². The summed E-state index contributed by atoms with van der Waals surface area (Å²) < 4.78 is 0. The minimum Gasteiger partial charge on any atom is -0.385 e. The standard InChI is InChI=1S/C17H26N2O/c1-13(2)14-7-9-15(10-8-14)18-12-11-17(20)19-16-5-3-4-6-16/h7-10,13,16,18H,3-6,11-12H2,1-2H3,(H,19,20). The van der Waals surface area contributed by atoms with E-state index < -0.39 is 0 Å². The van der Waals surface area contributed by atoms with Gasteiger partial charge < -0.3 is 10.6 Å². The quantitative estimate of drug-likeness (QED) is 0.831. The van der Waals surface area contributed by atoms with Crippen molar-refractivity contribution in [3.63, 3.8) is 0 Å². The van der Waals surface area contributed by atoms with Crippen LogP contribution in [0.5, 0.6) is 0 Å². The number of hydrogen-bond donors (Lipinski definition) is 2. The highest BCUT2D eigenvalue weighted by molar-refractivity contribution is 5.76. The number of amides is 1. The van der Waals surface area contributed by atoms with Crippen LogP contribution in [0.2, 0.25) is 0 Å². The molecule has 0 aliphatic heterocycles. The summed E-state index contributed by atoms with van der Waals surface area (Å²) in [5.74, 6) is 0.726. The number of benzene rings is 1. The molecule has 2 N–H and O–H groups in total. The van der Waals surface area contributed by atoms with E-state index in [1.54, 1.807) is 0 Å². The molecule has 2 rings (SSSR count). The number of carbonyl (C=O) groups is 1. The van der Waals surface area contributed by atoms with Crippen molar-refractivity contribution in [2.75, 3.05) is 11.9 Å². The molecule has 1 saturated carbocycles. The van der Waals surface area contributed by atoms with Crippen LogP contribution in [-0.2, 0) is 4.79 Å². The Hall–Kier alpha value is -1.51. The largest absolute Gasteiger partial charge is 0.385 e. The highest BCUT2D eigenvalue weighted by Crippen LogP contribution is 2.18. The first kappa shape index (κ1) is 14.9. The van der Waals surface area contributed by atoms with Crippen molar-refractivity contribution in [1.82, 2.24) is 5.32 Å². The minimum atomic E-state index is 0.170. The first-order valence-electron chi connectivity index (χ1n) is 7.78. The number of hydrogen-bond acceptors (Lipinski definition) is 2. The molecule has 1 aliphatic rings. The van der Waals surface area contributed by atoms with Gasteiger partial charge in [-0.1, -0.05) is 38.8 Å². The van der Waals surface area contributed by atoms with Gasteiger partial charge in [0.25, 0.3) is 0 Å². The van der Waals surface area contributed by atoms with Crippen LogP contribution in [0, 0.1) is 0 Å². The Kier molecular flexibility index (Phi) is 5.45. The molecule has 3 nitrogen and oxygen atoms in total. The second kappa shape index (κ2) is 7.32. The lowest BCUT2D eigenvalue weighted by Crippen LogP contribution is -2.33. The normalized spacial score (nSPS) is 15.6. The Labute approximate surface area is 122 Å². The second-order valence-electron chi connectivity index (χ2n) is 6.00. The molecule has 1 aromatic carbocycles. The molecule has 0 aromatic heterocycles. The van der Waals surface area contributed by atoms with Crippen LogP contribution >= 0.6 is 0 Å². The van der Waals surface area contributed by atoms with E-state index in [0.717, 1.165) is 18.5 Å². The zero-order chi connectivity index (χ0) is 14.4. The average Bonchev–Trinajstić information content (AvgIpc) is 2.92. The molecule has 3 heteroatoms. The summed E-state index contributed by atoms with van der Waals surface area (Å²) in [6.45, 7) is 5.07. The van der Waals surface area contributed by atoms with E-state index in [-0.39, 0.29) is 5.91 Å². The van der Waals surface area contributed by atoms with Gasteiger partial charge in [-0.2, -0.15) is 0 Å². The van der Waals surface area contributed by atoms with Gasteiger partial charge in [-0.05, 0) is 36.5 Å². The minimum absolute atomic E-state index is 0.170. The van der Waals surface area contributed by atoms with Crippen molar-refractivity contribution in [2.24, 2.45) is 0 Å². The van der Waals surface area contributed by atoms with Crippen molar-refractivity contribution in [1.29, 1.82) is 0 Å². The summed E-state index contributed by atoms with van der Waals surface area (Å²) in [7, 11) is 0. The van der Waals surface area contributed by atoms with Gasteiger partial charge in [0.15, 0.2) is 0 Å². The van der Waals surface area contributed by atoms with Gasteiger partial charge in [0, 0.05) is 24.7 Å². The SMILES string of the molecule is CC(C)c1ccc(NCCC(=O)NC2CCCC2)cc1. The van der Waals surface area contributed by atoms with Gasteiger partial charge in [-0.3, -0.25) is 4.79 Å². The van der Waals surface area contributed by atoms with E-state index in [4.69, 9.17) is 0 Å². The Morgan fingerprint density at radius 1 is 1.20 bits per heavy atom. The van der Waals surface area contributed by atoms with E-state index in [0.29, 0.717) is 24.9 Å². The van der Waals surface area contributed by atoms with Crippen LogP contribution in [-0.4, -0.2) is 18.5 Å². The number of nitrogens with one attached hydrogen (secondary N) is 2. The van der Waals surface area contributed by atoms with Crippen molar-refractivity contribution in [3.8, 4) is 0 Å². The third-order valence-electron chi connectivity index (χ3n) is 3.98. The van der Waals surface area contributed by atoms with Crippen LogP contribution < -0.4 is 10.6 Å². The molecule has 1 aliphatic carbocycles. The first-order chi connectivity index (χ1) is 9.65. The van der Waals surface area contributed by atoms with Crippen molar-refractivity contribution >= 4 is 11.6 Å². The van der Waals surface area contributed by atoms with Crippen LogP contribution in [0.4, 0.5) is 5.69 Å². The van der Waals surface area contributed by atoms with E-state index in [1.807, 2.05) is 0 Å². The fraction of sp³-hybridized carbons (Fsp3) is 0.588. The zero-order valence-electron chi connectivity index (χ0n) is 12.6. The van der Waals surface area contributed by atoms with Crippen LogP contribution in [0.1, 0.15) is 57.4 Å². The monoisotopic (exact) mass is 274 g/mol. The molecule has 0 spiro atoms. The van der Waals surface area contributed by atoms with Gasteiger partial charge >= 0.3 is 0 Å². The summed E-state index contributed by atoms with van der Waals surface area (Å²) in [5.41, 5.74) is 2.43. The van der Waals surface area contributed by atoms with E-state index in [1.165, 1.54) is 18.4 Å². The fourth-order valence-electron chi connectivity index (χ4n) is 2.68. The maximum absolute atomic E-state index is 11.8. The highest BCUT2D eigenvalue weighted by atomic mass is 16.1. The Bertz CT molecular complexity index is 419. The Balaban J connectivity index is 1.68. The lowest BCUT2D eigenvalue weighted by Gasteiger charge is -2.12.